The number of phenols is 1. The van der Waals surface area contributed by atoms with E-state index in [1.54, 1.807) is 6.07 Å². The molecule has 3 nitrogen and oxygen atoms in total. The second kappa shape index (κ2) is 3.99. The fraction of sp³-hybridized carbons (Fsp3) is 0.200. The van der Waals surface area contributed by atoms with E-state index in [-0.39, 0.29) is 10.8 Å². The molecule has 17 heavy (non-hydrogen) atoms. The lowest BCUT2D eigenvalue weighted by atomic mass is 10.3. The number of fused-ring (bicyclic) bond motifs is 1. The largest absolute Gasteiger partial charge is 0.508 e. The highest BCUT2D eigenvalue weighted by molar-refractivity contribution is 7.18. The van der Waals surface area contributed by atoms with Crippen molar-refractivity contribution in [2.45, 2.75) is 12.6 Å². The first-order valence-corrected chi connectivity index (χ1v) is 5.36. The van der Waals surface area contributed by atoms with Gasteiger partial charge in [0.15, 0.2) is 0 Å². The number of hydrogen-bond acceptors (Lipinski definition) is 4. The Kier molecular flexibility index (Phi) is 2.78. The van der Waals surface area contributed by atoms with Gasteiger partial charge in [0, 0.05) is 6.07 Å². The minimum atomic E-state index is -4.83. The van der Waals surface area contributed by atoms with Gasteiger partial charge >= 0.3 is 6.18 Å². The summed E-state index contributed by atoms with van der Waals surface area (Å²) in [6.45, 7) is 0. The third-order valence-electron chi connectivity index (χ3n) is 2.04. The summed E-state index contributed by atoms with van der Waals surface area (Å²) in [5.74, 6) is -1.84. The SMILES string of the molecule is O=C(Cc1nc2cc(O)ccc2s1)C(F)(F)F. The molecule has 0 aliphatic carbocycles. The second-order valence-electron chi connectivity index (χ2n) is 3.36. The van der Waals surface area contributed by atoms with Crippen molar-refractivity contribution in [2.24, 2.45) is 0 Å². The van der Waals surface area contributed by atoms with E-state index in [1.807, 2.05) is 0 Å². The van der Waals surface area contributed by atoms with Crippen LogP contribution in [0.15, 0.2) is 18.2 Å². The van der Waals surface area contributed by atoms with Crippen LogP contribution in [0.3, 0.4) is 0 Å². The van der Waals surface area contributed by atoms with Gasteiger partial charge in [-0.3, -0.25) is 4.79 Å². The number of carbonyl (C=O) groups is 1. The molecule has 0 fully saturated rings. The van der Waals surface area contributed by atoms with Gasteiger partial charge in [0.2, 0.25) is 5.78 Å². The topological polar surface area (TPSA) is 50.2 Å². The number of ketones is 1. The van der Waals surface area contributed by atoms with Crippen molar-refractivity contribution in [2.75, 3.05) is 0 Å². The normalized spacial score (nSPS) is 11.9. The van der Waals surface area contributed by atoms with E-state index < -0.39 is 18.4 Å². The average Bonchev–Trinajstić information content (AvgIpc) is 2.57. The van der Waals surface area contributed by atoms with E-state index in [4.69, 9.17) is 5.11 Å². The van der Waals surface area contributed by atoms with Gasteiger partial charge in [-0.15, -0.1) is 11.3 Å². The molecule has 1 aromatic heterocycles. The molecule has 1 N–H and O–H groups in total. The minimum absolute atomic E-state index is 0.0171. The summed E-state index contributed by atoms with van der Waals surface area (Å²) in [6, 6.07) is 4.30. The Morgan fingerprint density at radius 3 is 2.76 bits per heavy atom. The van der Waals surface area contributed by atoms with E-state index in [0.29, 0.717) is 10.2 Å². The standard InChI is InChI=1S/C10H6F3NO2S/c11-10(12,13)8(16)4-9-14-6-3-5(15)1-2-7(6)17-9/h1-3,15H,4H2. The summed E-state index contributed by atoms with van der Waals surface area (Å²) in [5.41, 5.74) is 0.389. The second-order valence-corrected chi connectivity index (χ2v) is 4.47. The fourth-order valence-electron chi connectivity index (χ4n) is 1.28. The lowest BCUT2D eigenvalue weighted by Crippen LogP contribution is -2.24. The number of carbonyl (C=O) groups excluding carboxylic acids is 1. The molecule has 0 saturated carbocycles. The zero-order valence-corrected chi connectivity index (χ0v) is 9.10. The lowest BCUT2D eigenvalue weighted by Gasteiger charge is -2.01. The highest BCUT2D eigenvalue weighted by atomic mass is 32.1. The summed E-state index contributed by atoms with van der Waals surface area (Å²) in [5, 5.41) is 9.26. The van der Waals surface area contributed by atoms with Crippen molar-refractivity contribution >= 4 is 27.3 Å². The smallest absolute Gasteiger partial charge is 0.450 e. The van der Waals surface area contributed by atoms with Gasteiger partial charge in [-0.25, -0.2) is 4.98 Å². The van der Waals surface area contributed by atoms with Crippen LogP contribution in [0.4, 0.5) is 13.2 Å². The molecular weight excluding hydrogens is 255 g/mol. The van der Waals surface area contributed by atoms with Gasteiger partial charge in [0.1, 0.15) is 10.8 Å². The molecule has 0 bridgehead atoms. The van der Waals surface area contributed by atoms with Crippen LogP contribution in [0.2, 0.25) is 0 Å². The zero-order chi connectivity index (χ0) is 12.6. The highest BCUT2D eigenvalue weighted by Crippen LogP contribution is 2.27. The average molecular weight is 261 g/mol. The first-order chi connectivity index (χ1) is 7.86. The Morgan fingerprint density at radius 2 is 2.12 bits per heavy atom. The lowest BCUT2D eigenvalue weighted by molar-refractivity contribution is -0.170. The number of rotatable bonds is 2. The number of alkyl halides is 3. The molecule has 0 radical (unpaired) electrons. The summed E-state index contributed by atoms with van der Waals surface area (Å²) in [4.78, 5) is 14.6. The zero-order valence-electron chi connectivity index (χ0n) is 8.28. The third-order valence-corrected chi connectivity index (χ3v) is 3.08. The van der Waals surface area contributed by atoms with Gasteiger partial charge in [0.25, 0.3) is 0 Å². The third kappa shape index (κ3) is 2.55. The van der Waals surface area contributed by atoms with Crippen LogP contribution in [0.25, 0.3) is 10.2 Å². The predicted octanol–water partition coefficient (Wildman–Crippen LogP) is 2.68. The summed E-state index contributed by atoms with van der Waals surface area (Å²) in [6.07, 6.45) is -5.59. The maximum absolute atomic E-state index is 12.0. The van der Waals surface area contributed by atoms with Crippen LogP contribution in [0, 0.1) is 0 Å². The van der Waals surface area contributed by atoms with E-state index in [0.717, 1.165) is 11.3 Å². The predicted molar refractivity (Wildman–Crippen MR) is 56.1 cm³/mol. The number of thiazole rings is 1. The van der Waals surface area contributed by atoms with Crippen LogP contribution >= 0.6 is 11.3 Å². The number of Topliss-reactive ketones (excluding diaryl/α,β-unsaturated/α-hetero) is 1. The van der Waals surface area contributed by atoms with Crippen LogP contribution in [-0.2, 0) is 11.2 Å². The molecular formula is C10H6F3NO2S. The van der Waals surface area contributed by atoms with E-state index in [9.17, 15) is 18.0 Å². The number of hydrogen-bond donors (Lipinski definition) is 1. The van der Waals surface area contributed by atoms with Gasteiger partial charge < -0.3 is 5.11 Å². The van der Waals surface area contributed by atoms with Crippen LogP contribution < -0.4 is 0 Å². The molecule has 0 spiro atoms. The maximum atomic E-state index is 12.0. The molecule has 2 rings (SSSR count). The number of halogens is 3. The molecule has 0 unspecified atom stereocenters. The van der Waals surface area contributed by atoms with Crippen molar-refractivity contribution in [3.63, 3.8) is 0 Å². The molecule has 0 amide bonds. The highest BCUT2D eigenvalue weighted by Gasteiger charge is 2.38. The molecule has 7 heteroatoms. The van der Waals surface area contributed by atoms with Gasteiger partial charge in [-0.2, -0.15) is 13.2 Å². The summed E-state index contributed by atoms with van der Waals surface area (Å²) >= 11 is 1.01. The quantitative estimate of drug-likeness (QED) is 0.904. The van der Waals surface area contributed by atoms with Crippen LogP contribution in [0.5, 0.6) is 5.75 Å². The molecule has 0 atom stereocenters. The van der Waals surface area contributed by atoms with Crippen molar-refractivity contribution in [3.8, 4) is 5.75 Å². The number of aromatic nitrogens is 1. The Hall–Kier alpha value is -1.63. The van der Waals surface area contributed by atoms with Crippen LogP contribution in [-0.4, -0.2) is 22.1 Å². The van der Waals surface area contributed by atoms with Crippen molar-refractivity contribution < 1.29 is 23.1 Å². The number of phenolic OH excluding ortho intramolecular Hbond substituents is 1. The van der Waals surface area contributed by atoms with Crippen LogP contribution in [0.1, 0.15) is 5.01 Å². The number of benzene rings is 1. The van der Waals surface area contributed by atoms with E-state index in [2.05, 4.69) is 4.98 Å². The molecule has 0 saturated heterocycles. The molecule has 2 aromatic rings. The first-order valence-electron chi connectivity index (χ1n) is 4.55. The fourth-order valence-corrected chi connectivity index (χ4v) is 2.22. The maximum Gasteiger partial charge on any atom is 0.450 e. The Bertz CT molecular complexity index is 576. The van der Waals surface area contributed by atoms with Crippen molar-refractivity contribution in [3.05, 3.63) is 23.2 Å². The Morgan fingerprint density at radius 1 is 1.41 bits per heavy atom. The monoisotopic (exact) mass is 261 g/mol. The Labute approximate surface area is 97.5 Å². The molecule has 0 aliphatic heterocycles. The minimum Gasteiger partial charge on any atom is -0.508 e. The summed E-state index contributed by atoms with van der Waals surface area (Å²) < 4.78 is 36.8. The molecule has 90 valence electrons. The van der Waals surface area contributed by atoms with Crippen molar-refractivity contribution in [1.82, 2.24) is 4.98 Å². The van der Waals surface area contributed by atoms with Gasteiger partial charge in [0.05, 0.1) is 16.6 Å². The van der Waals surface area contributed by atoms with E-state index >= 15 is 0 Å². The van der Waals surface area contributed by atoms with Gasteiger partial charge in [-0.1, -0.05) is 0 Å². The molecule has 1 aromatic carbocycles. The summed E-state index contributed by atoms with van der Waals surface area (Å²) in [7, 11) is 0. The first kappa shape index (κ1) is 11.8. The number of aromatic hydroxyl groups is 1. The number of nitrogens with zero attached hydrogens (tertiary/aromatic N) is 1. The van der Waals surface area contributed by atoms with Crippen molar-refractivity contribution in [1.29, 1.82) is 0 Å². The molecule has 0 aliphatic rings. The Balaban J connectivity index is 2.29. The molecule has 1 heterocycles. The van der Waals surface area contributed by atoms with Gasteiger partial charge in [-0.05, 0) is 12.1 Å². The van der Waals surface area contributed by atoms with E-state index in [1.165, 1.54) is 12.1 Å².